The average molecular weight is 277 g/mol. The van der Waals surface area contributed by atoms with E-state index in [9.17, 15) is 13.6 Å². The Kier molecular flexibility index (Phi) is 3.26. The molecule has 1 aliphatic rings. The smallest absolute Gasteiger partial charge is 0.257 e. The normalized spacial score (nSPS) is 14.3. The summed E-state index contributed by atoms with van der Waals surface area (Å²) in [6.45, 7) is 0.140. The first kappa shape index (κ1) is 12.8. The van der Waals surface area contributed by atoms with Crippen LogP contribution in [0.3, 0.4) is 0 Å². The number of nitrogens with zero attached hydrogens (tertiary/aromatic N) is 1. The summed E-state index contributed by atoms with van der Waals surface area (Å²) < 4.78 is 31.5. The van der Waals surface area contributed by atoms with Gasteiger partial charge in [-0.1, -0.05) is 6.07 Å². The van der Waals surface area contributed by atoms with Gasteiger partial charge in [0.15, 0.2) is 0 Å². The molecule has 0 atom stereocenters. The Hall–Kier alpha value is -2.17. The van der Waals surface area contributed by atoms with Gasteiger partial charge in [0.2, 0.25) is 0 Å². The molecule has 1 fully saturated rings. The average Bonchev–Trinajstić information content (AvgIpc) is 3.11. The van der Waals surface area contributed by atoms with Crippen LogP contribution in [0.4, 0.5) is 8.78 Å². The third-order valence-electron chi connectivity index (χ3n) is 3.37. The highest BCUT2D eigenvalue weighted by atomic mass is 19.1. The van der Waals surface area contributed by atoms with Crippen LogP contribution < -0.4 is 0 Å². The fraction of sp³-hybridized carbons (Fsp3) is 0.267. The molecule has 0 aliphatic heterocycles. The predicted molar refractivity (Wildman–Crippen MR) is 68.0 cm³/mol. The summed E-state index contributed by atoms with van der Waals surface area (Å²) in [5, 5.41) is 0. The van der Waals surface area contributed by atoms with Crippen molar-refractivity contribution < 1.29 is 18.0 Å². The standard InChI is InChI=1S/C15H13F2NO2/c16-12-2-1-10(14(17)7-12)8-18(13-3-4-13)15(19)11-5-6-20-9-11/h1-2,5-7,9,13H,3-4,8H2. The molecule has 1 aromatic heterocycles. The van der Waals surface area contributed by atoms with Crippen LogP contribution in [0.2, 0.25) is 0 Å². The lowest BCUT2D eigenvalue weighted by Gasteiger charge is -2.22. The van der Waals surface area contributed by atoms with Crippen LogP contribution in [-0.2, 0) is 6.54 Å². The fourth-order valence-electron chi connectivity index (χ4n) is 2.14. The first-order valence-corrected chi connectivity index (χ1v) is 6.42. The van der Waals surface area contributed by atoms with E-state index in [0.717, 1.165) is 18.9 Å². The van der Waals surface area contributed by atoms with Gasteiger partial charge in [0.05, 0.1) is 11.8 Å². The molecule has 0 saturated heterocycles. The van der Waals surface area contributed by atoms with Gasteiger partial charge in [-0.15, -0.1) is 0 Å². The molecule has 1 aromatic carbocycles. The Labute approximate surface area is 114 Å². The number of carbonyl (C=O) groups is 1. The van der Waals surface area contributed by atoms with Crippen molar-refractivity contribution in [2.45, 2.75) is 25.4 Å². The second kappa shape index (κ2) is 5.07. The van der Waals surface area contributed by atoms with E-state index < -0.39 is 11.6 Å². The summed E-state index contributed by atoms with van der Waals surface area (Å²) in [5.41, 5.74) is 0.759. The summed E-state index contributed by atoms with van der Waals surface area (Å²) in [4.78, 5) is 14.0. The highest BCUT2D eigenvalue weighted by molar-refractivity contribution is 5.94. The van der Waals surface area contributed by atoms with Crippen LogP contribution in [0.1, 0.15) is 28.8 Å². The molecule has 3 nitrogen and oxygen atoms in total. The molecular formula is C15H13F2NO2. The van der Waals surface area contributed by atoms with E-state index in [0.29, 0.717) is 11.1 Å². The molecule has 1 aliphatic carbocycles. The maximum absolute atomic E-state index is 13.7. The van der Waals surface area contributed by atoms with Crippen molar-refractivity contribution in [3.8, 4) is 0 Å². The van der Waals surface area contributed by atoms with E-state index in [1.807, 2.05) is 0 Å². The summed E-state index contributed by atoms with van der Waals surface area (Å²) in [6, 6.07) is 5.12. The number of hydrogen-bond donors (Lipinski definition) is 0. The minimum atomic E-state index is -0.629. The van der Waals surface area contributed by atoms with E-state index in [2.05, 4.69) is 0 Å². The summed E-state index contributed by atoms with van der Waals surface area (Å²) >= 11 is 0. The number of halogens is 2. The van der Waals surface area contributed by atoms with Crippen LogP contribution in [0, 0.1) is 11.6 Å². The third kappa shape index (κ3) is 2.57. The van der Waals surface area contributed by atoms with Crippen molar-refractivity contribution in [1.82, 2.24) is 4.90 Å². The predicted octanol–water partition coefficient (Wildman–Crippen LogP) is 3.36. The van der Waals surface area contributed by atoms with Gasteiger partial charge in [-0.05, 0) is 25.0 Å². The lowest BCUT2D eigenvalue weighted by Crippen LogP contribution is -2.32. The minimum absolute atomic E-state index is 0.127. The molecule has 104 valence electrons. The SMILES string of the molecule is O=C(c1ccoc1)N(Cc1ccc(F)cc1F)C1CC1. The van der Waals surface area contributed by atoms with Crippen molar-refractivity contribution in [3.63, 3.8) is 0 Å². The second-order valence-electron chi connectivity index (χ2n) is 4.91. The van der Waals surface area contributed by atoms with E-state index >= 15 is 0 Å². The molecule has 5 heteroatoms. The number of furan rings is 1. The van der Waals surface area contributed by atoms with Crippen LogP contribution >= 0.6 is 0 Å². The van der Waals surface area contributed by atoms with Crippen LogP contribution in [0.5, 0.6) is 0 Å². The molecule has 20 heavy (non-hydrogen) atoms. The number of carbonyl (C=O) groups excluding carboxylic acids is 1. The zero-order chi connectivity index (χ0) is 14.1. The summed E-state index contributed by atoms with van der Waals surface area (Å²) in [5.74, 6) is -1.44. The molecule has 2 aromatic rings. The molecule has 3 rings (SSSR count). The third-order valence-corrected chi connectivity index (χ3v) is 3.37. The highest BCUT2D eigenvalue weighted by Gasteiger charge is 2.33. The van der Waals surface area contributed by atoms with Crippen molar-refractivity contribution in [2.24, 2.45) is 0 Å². The summed E-state index contributed by atoms with van der Waals surface area (Å²) in [6.07, 6.45) is 4.62. The Morgan fingerprint density at radius 3 is 2.70 bits per heavy atom. The highest BCUT2D eigenvalue weighted by Crippen LogP contribution is 2.30. The second-order valence-corrected chi connectivity index (χ2v) is 4.91. The van der Waals surface area contributed by atoms with Gasteiger partial charge in [-0.25, -0.2) is 8.78 Å². The first-order chi connectivity index (χ1) is 9.65. The zero-order valence-electron chi connectivity index (χ0n) is 10.7. The molecule has 1 saturated carbocycles. The van der Waals surface area contributed by atoms with Gasteiger partial charge in [0.1, 0.15) is 17.9 Å². The Morgan fingerprint density at radius 2 is 2.10 bits per heavy atom. The molecule has 1 amide bonds. The van der Waals surface area contributed by atoms with Crippen molar-refractivity contribution in [3.05, 3.63) is 59.6 Å². The zero-order valence-corrected chi connectivity index (χ0v) is 10.7. The number of hydrogen-bond acceptors (Lipinski definition) is 2. The van der Waals surface area contributed by atoms with Crippen molar-refractivity contribution in [2.75, 3.05) is 0 Å². The van der Waals surface area contributed by atoms with E-state index in [1.54, 1.807) is 11.0 Å². The topological polar surface area (TPSA) is 33.5 Å². The van der Waals surface area contributed by atoms with E-state index in [-0.39, 0.29) is 18.5 Å². The largest absolute Gasteiger partial charge is 0.472 e. The van der Waals surface area contributed by atoms with Crippen LogP contribution in [-0.4, -0.2) is 16.8 Å². The minimum Gasteiger partial charge on any atom is -0.472 e. The van der Waals surface area contributed by atoms with Crippen molar-refractivity contribution in [1.29, 1.82) is 0 Å². The number of benzene rings is 1. The lowest BCUT2D eigenvalue weighted by molar-refractivity contribution is 0.0727. The molecular weight excluding hydrogens is 264 g/mol. The molecule has 0 N–H and O–H groups in total. The molecule has 0 radical (unpaired) electrons. The molecule has 0 spiro atoms. The number of rotatable bonds is 4. The fourth-order valence-corrected chi connectivity index (χ4v) is 2.14. The van der Waals surface area contributed by atoms with Gasteiger partial charge in [0, 0.05) is 24.2 Å². The van der Waals surface area contributed by atoms with Gasteiger partial charge in [0.25, 0.3) is 5.91 Å². The van der Waals surface area contributed by atoms with Gasteiger partial charge in [-0.2, -0.15) is 0 Å². The van der Waals surface area contributed by atoms with Gasteiger partial charge in [-0.3, -0.25) is 4.79 Å². The molecule has 0 unspecified atom stereocenters. The monoisotopic (exact) mass is 277 g/mol. The Balaban J connectivity index is 1.83. The van der Waals surface area contributed by atoms with Crippen molar-refractivity contribution >= 4 is 5.91 Å². The molecule has 0 bridgehead atoms. The van der Waals surface area contributed by atoms with E-state index in [1.165, 1.54) is 24.7 Å². The van der Waals surface area contributed by atoms with Gasteiger partial charge < -0.3 is 9.32 Å². The maximum atomic E-state index is 13.7. The number of amides is 1. The maximum Gasteiger partial charge on any atom is 0.257 e. The quantitative estimate of drug-likeness (QED) is 0.858. The first-order valence-electron chi connectivity index (χ1n) is 6.42. The van der Waals surface area contributed by atoms with Crippen LogP contribution in [0.15, 0.2) is 41.2 Å². The lowest BCUT2D eigenvalue weighted by atomic mass is 10.1. The van der Waals surface area contributed by atoms with E-state index in [4.69, 9.17) is 4.42 Å². The summed E-state index contributed by atoms with van der Waals surface area (Å²) in [7, 11) is 0. The van der Waals surface area contributed by atoms with Gasteiger partial charge >= 0.3 is 0 Å². The Bertz CT molecular complexity index is 621. The van der Waals surface area contributed by atoms with Crippen LogP contribution in [0.25, 0.3) is 0 Å². The molecule has 1 heterocycles. The Morgan fingerprint density at radius 1 is 1.30 bits per heavy atom.